The third-order valence-corrected chi connectivity index (χ3v) is 6.30. The molecule has 168 valence electrons. The van der Waals surface area contributed by atoms with Crippen molar-refractivity contribution < 1.29 is 28.8 Å². The Bertz CT molecular complexity index is 1330. The standard InChI is InChI=1S/C22H18N4O6S/c23-6-5-14-10-24-16-2-1-12(8-15(14)16)7-13-9-17(33-11-13)25-21-20(29)26(22(25)30)32-19(28)4-3-18(27)31-21/h1-4,8-11,21,24H,5-7,23H2/b4-3-. The molecule has 1 fully saturated rings. The van der Waals surface area contributed by atoms with Crippen LogP contribution in [0.25, 0.3) is 10.9 Å². The molecule has 2 bridgehead atoms. The number of thiophene rings is 1. The normalized spacial score (nSPS) is 19.4. The summed E-state index contributed by atoms with van der Waals surface area (Å²) in [4.78, 5) is 58.0. The number of urea groups is 1. The van der Waals surface area contributed by atoms with Crippen LogP contribution in [0.3, 0.4) is 0 Å². The van der Waals surface area contributed by atoms with Gasteiger partial charge < -0.3 is 20.3 Å². The zero-order valence-electron chi connectivity index (χ0n) is 17.1. The number of amides is 3. The molecule has 2 aromatic heterocycles. The largest absolute Gasteiger partial charge is 0.428 e. The molecule has 2 aliphatic heterocycles. The average Bonchev–Trinajstić information content (AvgIpc) is 3.47. The summed E-state index contributed by atoms with van der Waals surface area (Å²) >= 11 is 1.21. The van der Waals surface area contributed by atoms with Crippen molar-refractivity contribution in [1.29, 1.82) is 0 Å². The monoisotopic (exact) mass is 466 g/mol. The van der Waals surface area contributed by atoms with Gasteiger partial charge in [-0.3, -0.25) is 4.79 Å². The van der Waals surface area contributed by atoms with Crippen molar-refractivity contribution in [1.82, 2.24) is 10.0 Å². The molecule has 3 N–H and O–H groups in total. The Morgan fingerprint density at radius 2 is 1.88 bits per heavy atom. The Balaban J connectivity index is 1.42. The third-order valence-electron chi connectivity index (χ3n) is 5.32. The third kappa shape index (κ3) is 3.77. The number of nitrogens with two attached hydrogens (primary N) is 1. The Morgan fingerprint density at radius 1 is 1.06 bits per heavy atom. The number of esters is 1. The predicted molar refractivity (Wildman–Crippen MR) is 118 cm³/mol. The quantitative estimate of drug-likeness (QED) is 0.434. The number of carbonyl (C=O) groups excluding carboxylic acids is 4. The van der Waals surface area contributed by atoms with Crippen molar-refractivity contribution in [3.05, 3.63) is 64.7 Å². The van der Waals surface area contributed by atoms with Gasteiger partial charge in [0.15, 0.2) is 0 Å². The van der Waals surface area contributed by atoms with Gasteiger partial charge in [0.2, 0.25) is 0 Å². The second-order valence-electron chi connectivity index (χ2n) is 7.52. The highest BCUT2D eigenvalue weighted by Crippen LogP contribution is 2.34. The summed E-state index contributed by atoms with van der Waals surface area (Å²) in [5.41, 5.74) is 9.85. The van der Waals surface area contributed by atoms with Gasteiger partial charge in [-0.2, -0.15) is 0 Å². The summed E-state index contributed by atoms with van der Waals surface area (Å²) < 4.78 is 5.11. The number of carbonyl (C=O) groups is 4. The molecule has 0 aliphatic carbocycles. The van der Waals surface area contributed by atoms with E-state index in [-0.39, 0.29) is 0 Å². The van der Waals surface area contributed by atoms with Crippen molar-refractivity contribution in [3.8, 4) is 0 Å². The molecule has 3 aromatic rings. The van der Waals surface area contributed by atoms with Crippen LogP contribution in [0, 0.1) is 0 Å². The molecule has 1 aromatic carbocycles. The van der Waals surface area contributed by atoms with E-state index in [4.69, 9.17) is 15.3 Å². The number of hydrogen-bond acceptors (Lipinski definition) is 8. The minimum Gasteiger partial charge on any atom is -0.428 e. The molecule has 11 heteroatoms. The van der Waals surface area contributed by atoms with Gasteiger partial charge >= 0.3 is 23.9 Å². The zero-order valence-corrected chi connectivity index (χ0v) is 18.0. The summed E-state index contributed by atoms with van der Waals surface area (Å²) in [5, 5.41) is 3.67. The number of hydrogen-bond donors (Lipinski definition) is 2. The highest BCUT2D eigenvalue weighted by molar-refractivity contribution is 7.14. The van der Waals surface area contributed by atoms with E-state index in [1.54, 1.807) is 6.07 Å². The molecule has 1 unspecified atom stereocenters. The first kappa shape index (κ1) is 20.9. The van der Waals surface area contributed by atoms with Crippen molar-refractivity contribution in [2.24, 2.45) is 5.73 Å². The molecule has 10 nitrogen and oxygen atoms in total. The molecule has 0 radical (unpaired) electrons. The SMILES string of the molecule is NCCc1c[nH]c2ccc(Cc3csc(N4C(=O)N5OC(=O)/C=C\C(=O)OC4C5=O)c3)cc12. The van der Waals surface area contributed by atoms with Gasteiger partial charge in [-0.05, 0) is 59.7 Å². The van der Waals surface area contributed by atoms with Crippen LogP contribution < -0.4 is 10.6 Å². The van der Waals surface area contributed by atoms with Gasteiger partial charge in [0.05, 0.1) is 0 Å². The Kier molecular flexibility index (Phi) is 5.19. The molecule has 3 amide bonds. The van der Waals surface area contributed by atoms with Crippen LogP contribution in [0.5, 0.6) is 0 Å². The Morgan fingerprint density at radius 3 is 2.70 bits per heavy atom. The minimum absolute atomic E-state index is 0.314. The maximum absolute atomic E-state index is 12.8. The Labute approximate surface area is 191 Å². The van der Waals surface area contributed by atoms with Crippen LogP contribution in [0.2, 0.25) is 0 Å². The van der Waals surface area contributed by atoms with E-state index in [1.165, 1.54) is 11.3 Å². The van der Waals surface area contributed by atoms with E-state index in [2.05, 4.69) is 11.1 Å². The summed E-state index contributed by atoms with van der Waals surface area (Å²) in [6.45, 7) is 0.557. The van der Waals surface area contributed by atoms with Gasteiger partial charge in [-0.25, -0.2) is 19.3 Å². The highest BCUT2D eigenvalue weighted by atomic mass is 32.1. The summed E-state index contributed by atoms with van der Waals surface area (Å²) in [6, 6.07) is 6.95. The molecule has 0 saturated carbocycles. The van der Waals surface area contributed by atoms with Crippen molar-refractivity contribution >= 4 is 51.1 Å². The fraction of sp³-hybridized carbons (Fsp3) is 0.182. The number of fused-ring (bicyclic) bond motifs is 3. The van der Waals surface area contributed by atoms with Crippen LogP contribution in [0.4, 0.5) is 9.80 Å². The fourth-order valence-corrected chi connectivity index (χ4v) is 4.75. The van der Waals surface area contributed by atoms with E-state index in [9.17, 15) is 19.2 Å². The van der Waals surface area contributed by atoms with Crippen LogP contribution in [-0.2, 0) is 36.8 Å². The number of aromatic amines is 1. The van der Waals surface area contributed by atoms with E-state index in [1.807, 2.05) is 23.7 Å². The number of imide groups is 1. The minimum atomic E-state index is -1.55. The number of nitrogens with one attached hydrogen (secondary N) is 1. The lowest BCUT2D eigenvalue weighted by atomic mass is 10.0. The van der Waals surface area contributed by atoms with Crippen molar-refractivity contribution in [3.63, 3.8) is 0 Å². The van der Waals surface area contributed by atoms with Gasteiger partial charge in [0, 0.05) is 29.3 Å². The zero-order chi connectivity index (χ0) is 23.1. The van der Waals surface area contributed by atoms with Gasteiger partial charge in [-0.15, -0.1) is 11.3 Å². The lowest BCUT2D eigenvalue weighted by molar-refractivity contribution is -0.181. The summed E-state index contributed by atoms with van der Waals surface area (Å²) in [5.74, 6) is -2.92. The first-order chi connectivity index (χ1) is 15.9. The number of anilines is 1. The lowest BCUT2D eigenvalue weighted by Crippen LogP contribution is -2.38. The number of aromatic nitrogens is 1. The van der Waals surface area contributed by atoms with E-state index >= 15 is 0 Å². The molecule has 1 atom stereocenters. The van der Waals surface area contributed by atoms with E-state index in [0.29, 0.717) is 23.0 Å². The molecule has 4 heterocycles. The van der Waals surface area contributed by atoms with Crippen LogP contribution in [-0.4, -0.2) is 46.7 Å². The van der Waals surface area contributed by atoms with Gasteiger partial charge in [-0.1, -0.05) is 11.1 Å². The maximum Gasteiger partial charge on any atom is 0.369 e. The van der Waals surface area contributed by atoms with E-state index < -0.39 is 30.1 Å². The fourth-order valence-electron chi connectivity index (χ4n) is 3.82. The maximum atomic E-state index is 12.8. The molecule has 2 aliphatic rings. The van der Waals surface area contributed by atoms with Gasteiger partial charge in [0.25, 0.3) is 6.23 Å². The lowest BCUT2D eigenvalue weighted by Gasteiger charge is -2.19. The number of nitrogens with zero attached hydrogens (tertiary/aromatic N) is 2. The predicted octanol–water partition coefficient (Wildman–Crippen LogP) is 1.99. The summed E-state index contributed by atoms with van der Waals surface area (Å²) in [7, 11) is 0. The number of rotatable bonds is 5. The molecule has 0 spiro atoms. The molecular formula is C22H18N4O6S. The summed E-state index contributed by atoms with van der Waals surface area (Å²) in [6.07, 6.45) is 3.40. The molecule has 5 rings (SSSR count). The number of H-pyrrole nitrogens is 1. The van der Waals surface area contributed by atoms with Crippen molar-refractivity contribution in [2.45, 2.75) is 19.1 Å². The first-order valence-corrected chi connectivity index (χ1v) is 11.0. The molecular weight excluding hydrogens is 448 g/mol. The number of hydroxylamine groups is 2. The number of benzene rings is 1. The number of ether oxygens (including phenoxy) is 1. The molecule has 1 saturated heterocycles. The average molecular weight is 466 g/mol. The highest BCUT2D eigenvalue weighted by Gasteiger charge is 2.52. The van der Waals surface area contributed by atoms with Gasteiger partial charge in [0.1, 0.15) is 5.00 Å². The van der Waals surface area contributed by atoms with Crippen LogP contribution in [0.1, 0.15) is 16.7 Å². The second kappa shape index (κ2) is 8.19. The van der Waals surface area contributed by atoms with E-state index in [0.717, 1.165) is 51.1 Å². The van der Waals surface area contributed by atoms with Crippen LogP contribution >= 0.6 is 11.3 Å². The van der Waals surface area contributed by atoms with Crippen molar-refractivity contribution in [2.75, 3.05) is 11.4 Å². The van der Waals surface area contributed by atoms with Crippen LogP contribution in [0.15, 0.2) is 48.0 Å². The second-order valence-corrected chi connectivity index (χ2v) is 8.41. The Hall–Kier alpha value is -3.96. The first-order valence-electron chi connectivity index (χ1n) is 10.1. The topological polar surface area (TPSA) is 135 Å². The molecule has 33 heavy (non-hydrogen) atoms. The smallest absolute Gasteiger partial charge is 0.369 e.